The number of hydrogen-bond acceptors (Lipinski definition) is 2. The Morgan fingerprint density at radius 1 is 1.19 bits per heavy atom. The van der Waals surface area contributed by atoms with Gasteiger partial charge in [-0.2, -0.15) is 0 Å². The molecule has 21 heavy (non-hydrogen) atoms. The molecule has 0 spiro atoms. The Kier molecular flexibility index (Phi) is 9.92. The summed E-state index contributed by atoms with van der Waals surface area (Å²) in [5.41, 5.74) is 2.65. The largest absolute Gasteiger partial charge is 0.314 e. The third kappa shape index (κ3) is 5.61. The fourth-order valence-corrected chi connectivity index (χ4v) is 3.30. The van der Waals surface area contributed by atoms with Gasteiger partial charge in [-0.15, -0.1) is 24.8 Å². The minimum absolute atomic E-state index is 0. The fraction of sp³-hybridized carbons (Fsp3) is 0.625. The average molecular weight is 354 g/mol. The van der Waals surface area contributed by atoms with Crippen LogP contribution in [0.2, 0.25) is 5.02 Å². The van der Waals surface area contributed by atoms with Crippen molar-refractivity contribution in [2.75, 3.05) is 26.2 Å². The molecule has 2 nitrogen and oxygen atoms in total. The summed E-state index contributed by atoms with van der Waals surface area (Å²) in [4.78, 5) is 2.59. The Hall–Kier alpha value is 0.01000. The predicted molar refractivity (Wildman–Crippen MR) is 97.3 cm³/mol. The van der Waals surface area contributed by atoms with Crippen LogP contribution in [0.25, 0.3) is 0 Å². The van der Waals surface area contributed by atoms with Crippen LogP contribution in [0.3, 0.4) is 0 Å². The van der Waals surface area contributed by atoms with Crippen LogP contribution in [0, 0.1) is 12.8 Å². The van der Waals surface area contributed by atoms with Gasteiger partial charge in [0.2, 0.25) is 0 Å². The zero-order valence-corrected chi connectivity index (χ0v) is 15.5. The van der Waals surface area contributed by atoms with E-state index in [1.165, 1.54) is 17.5 Å². The van der Waals surface area contributed by atoms with Crippen molar-refractivity contribution in [2.45, 2.75) is 33.2 Å². The molecule has 1 aliphatic rings. The minimum Gasteiger partial charge on any atom is -0.314 e. The van der Waals surface area contributed by atoms with Crippen molar-refractivity contribution in [3.05, 3.63) is 34.3 Å². The van der Waals surface area contributed by atoms with Crippen molar-refractivity contribution in [1.29, 1.82) is 0 Å². The molecule has 0 unspecified atom stereocenters. The molecule has 122 valence electrons. The highest BCUT2D eigenvalue weighted by molar-refractivity contribution is 6.31. The lowest BCUT2D eigenvalue weighted by Crippen LogP contribution is -2.45. The molecular weight excluding hydrogens is 327 g/mol. The van der Waals surface area contributed by atoms with Crippen LogP contribution in [-0.2, 0) is 0 Å². The van der Waals surface area contributed by atoms with E-state index in [0.29, 0.717) is 12.0 Å². The van der Waals surface area contributed by atoms with Gasteiger partial charge in [-0.3, -0.25) is 4.90 Å². The van der Waals surface area contributed by atoms with E-state index in [1.807, 2.05) is 12.1 Å². The van der Waals surface area contributed by atoms with E-state index in [0.717, 1.165) is 31.2 Å². The monoisotopic (exact) mass is 352 g/mol. The molecule has 0 amide bonds. The van der Waals surface area contributed by atoms with E-state index in [9.17, 15) is 0 Å². The number of hydrogen-bond donors (Lipinski definition) is 1. The van der Waals surface area contributed by atoms with Gasteiger partial charge in [0.1, 0.15) is 0 Å². The summed E-state index contributed by atoms with van der Waals surface area (Å²) in [6.45, 7) is 11.2. The molecule has 0 aromatic heterocycles. The Balaban J connectivity index is 0.00000200. The highest BCUT2D eigenvalue weighted by Gasteiger charge is 2.25. The lowest BCUT2D eigenvalue weighted by Gasteiger charge is -2.37. The molecule has 1 heterocycles. The minimum atomic E-state index is 0. The molecule has 1 aliphatic heterocycles. The second kappa shape index (κ2) is 9.91. The number of piperazine rings is 1. The van der Waals surface area contributed by atoms with E-state index in [4.69, 9.17) is 11.6 Å². The van der Waals surface area contributed by atoms with Crippen LogP contribution >= 0.6 is 36.4 Å². The summed E-state index contributed by atoms with van der Waals surface area (Å²) < 4.78 is 0. The van der Waals surface area contributed by atoms with Crippen LogP contribution in [0.5, 0.6) is 0 Å². The lowest BCUT2D eigenvalue weighted by molar-refractivity contribution is 0.153. The Morgan fingerprint density at radius 2 is 1.81 bits per heavy atom. The second-order valence-corrected chi connectivity index (χ2v) is 6.31. The zero-order valence-electron chi connectivity index (χ0n) is 13.1. The van der Waals surface area contributed by atoms with Crippen molar-refractivity contribution >= 4 is 36.4 Å². The number of rotatable bonds is 4. The molecule has 0 saturated carbocycles. The number of nitrogens with zero attached hydrogens (tertiary/aromatic N) is 1. The number of benzene rings is 1. The van der Waals surface area contributed by atoms with Gasteiger partial charge in [-0.1, -0.05) is 37.6 Å². The summed E-state index contributed by atoms with van der Waals surface area (Å²) in [6.07, 6.45) is 1.17. The molecule has 1 saturated heterocycles. The third-order valence-electron chi connectivity index (χ3n) is 3.89. The number of nitrogens with one attached hydrogen (secondary N) is 1. The first-order valence-electron chi connectivity index (χ1n) is 7.29. The van der Waals surface area contributed by atoms with Gasteiger partial charge in [0.05, 0.1) is 0 Å². The van der Waals surface area contributed by atoms with Crippen LogP contribution < -0.4 is 5.32 Å². The zero-order chi connectivity index (χ0) is 13.8. The fourth-order valence-electron chi connectivity index (χ4n) is 2.96. The number of halogens is 3. The summed E-state index contributed by atoms with van der Waals surface area (Å²) in [5.74, 6) is 0.676. The first-order valence-corrected chi connectivity index (χ1v) is 7.67. The molecule has 0 radical (unpaired) electrons. The van der Waals surface area contributed by atoms with Gasteiger partial charge in [-0.05, 0) is 36.5 Å². The van der Waals surface area contributed by atoms with E-state index in [1.54, 1.807) is 0 Å². The Labute approximate surface area is 146 Å². The van der Waals surface area contributed by atoms with Crippen LogP contribution in [-0.4, -0.2) is 31.1 Å². The average Bonchev–Trinajstić information content (AvgIpc) is 2.38. The molecule has 1 fully saturated rings. The summed E-state index contributed by atoms with van der Waals surface area (Å²) in [5, 5.41) is 4.35. The molecular formula is C16H27Cl3N2. The molecule has 1 N–H and O–H groups in total. The van der Waals surface area contributed by atoms with E-state index < -0.39 is 0 Å². The first-order chi connectivity index (χ1) is 9.09. The molecule has 0 aliphatic carbocycles. The highest BCUT2D eigenvalue weighted by atomic mass is 35.5. The molecule has 1 atom stereocenters. The van der Waals surface area contributed by atoms with Gasteiger partial charge in [0.25, 0.3) is 0 Å². The summed E-state index contributed by atoms with van der Waals surface area (Å²) in [6, 6.07) is 6.71. The topological polar surface area (TPSA) is 15.3 Å². The highest BCUT2D eigenvalue weighted by Crippen LogP contribution is 2.35. The van der Waals surface area contributed by atoms with Crippen molar-refractivity contribution in [3.8, 4) is 0 Å². The van der Waals surface area contributed by atoms with E-state index >= 15 is 0 Å². The lowest BCUT2D eigenvalue weighted by atomic mass is 9.92. The van der Waals surface area contributed by atoms with Crippen LogP contribution in [0.15, 0.2) is 18.2 Å². The SMILES string of the molecule is Cc1cccc(Cl)c1[C@H](CC(C)C)N1CCNCC1.Cl.Cl. The molecule has 1 aromatic rings. The van der Waals surface area contributed by atoms with E-state index in [-0.39, 0.29) is 24.8 Å². The quantitative estimate of drug-likeness (QED) is 0.858. The first kappa shape index (κ1) is 21.0. The predicted octanol–water partition coefficient (Wildman–Crippen LogP) is 4.48. The van der Waals surface area contributed by atoms with Gasteiger partial charge >= 0.3 is 0 Å². The summed E-state index contributed by atoms with van der Waals surface area (Å²) >= 11 is 6.48. The molecule has 2 rings (SSSR count). The van der Waals surface area contributed by atoms with Gasteiger partial charge < -0.3 is 5.32 Å². The van der Waals surface area contributed by atoms with Gasteiger partial charge in [0.15, 0.2) is 0 Å². The second-order valence-electron chi connectivity index (χ2n) is 5.90. The Bertz CT molecular complexity index is 398. The van der Waals surface area contributed by atoms with Crippen LogP contribution in [0.1, 0.15) is 37.4 Å². The smallest absolute Gasteiger partial charge is 0.0456 e. The Morgan fingerprint density at radius 3 is 2.33 bits per heavy atom. The maximum Gasteiger partial charge on any atom is 0.0456 e. The van der Waals surface area contributed by atoms with E-state index in [2.05, 4.69) is 37.1 Å². The third-order valence-corrected chi connectivity index (χ3v) is 4.22. The molecule has 5 heteroatoms. The van der Waals surface area contributed by atoms with Crippen molar-refractivity contribution in [2.24, 2.45) is 5.92 Å². The molecule has 0 bridgehead atoms. The van der Waals surface area contributed by atoms with Gasteiger partial charge in [0, 0.05) is 37.2 Å². The van der Waals surface area contributed by atoms with Crippen molar-refractivity contribution in [1.82, 2.24) is 10.2 Å². The molecule has 1 aromatic carbocycles. The normalized spacial score (nSPS) is 17.0. The van der Waals surface area contributed by atoms with Crippen LogP contribution in [0.4, 0.5) is 0 Å². The maximum absolute atomic E-state index is 6.48. The van der Waals surface area contributed by atoms with Gasteiger partial charge in [-0.25, -0.2) is 0 Å². The summed E-state index contributed by atoms with van der Waals surface area (Å²) in [7, 11) is 0. The maximum atomic E-state index is 6.48. The van der Waals surface area contributed by atoms with Crippen molar-refractivity contribution < 1.29 is 0 Å². The standard InChI is InChI=1S/C16H25ClN2.2ClH/c1-12(2)11-15(19-9-7-18-8-10-19)16-13(3)5-4-6-14(16)17;;/h4-6,12,15,18H,7-11H2,1-3H3;2*1H/t15-;;/m0../s1. The van der Waals surface area contributed by atoms with Crippen molar-refractivity contribution in [3.63, 3.8) is 0 Å². The number of aryl methyl sites for hydroxylation is 1.